The maximum atomic E-state index is 13.3. The van der Waals surface area contributed by atoms with Crippen molar-refractivity contribution in [3.05, 3.63) is 82.2 Å². The zero-order valence-corrected chi connectivity index (χ0v) is 17.0. The van der Waals surface area contributed by atoms with Gasteiger partial charge >= 0.3 is 0 Å². The lowest BCUT2D eigenvalue weighted by Gasteiger charge is -2.30. The number of carbonyl (C=O) groups excluding carboxylic acids is 1. The fourth-order valence-electron chi connectivity index (χ4n) is 3.48. The van der Waals surface area contributed by atoms with Crippen molar-refractivity contribution in [2.24, 2.45) is 0 Å². The zero-order valence-electron chi connectivity index (χ0n) is 16.3. The highest BCUT2D eigenvalue weighted by Crippen LogP contribution is 2.27. The minimum Gasteiger partial charge on any atom is -0.367 e. The number of nitrogens with zero attached hydrogens (tertiary/aromatic N) is 3. The zero-order chi connectivity index (χ0) is 20.9. The van der Waals surface area contributed by atoms with Gasteiger partial charge in [0, 0.05) is 24.6 Å². The summed E-state index contributed by atoms with van der Waals surface area (Å²) in [6.45, 7) is 1.86. The Morgan fingerprint density at radius 3 is 2.67 bits per heavy atom. The normalized spacial score (nSPS) is 14.8. The number of aromatic nitrogens is 2. The van der Waals surface area contributed by atoms with Crippen molar-refractivity contribution in [3.8, 4) is 0 Å². The maximum absolute atomic E-state index is 13.3. The first-order valence-corrected chi connectivity index (χ1v) is 10.2. The Bertz CT molecular complexity index is 1000. The minimum atomic E-state index is -0.535. The molecular formula is C22H21ClFN3O3. The topological polar surface area (TPSA) is 68.5 Å². The van der Waals surface area contributed by atoms with E-state index in [1.165, 1.54) is 18.2 Å². The van der Waals surface area contributed by atoms with Crippen LogP contribution in [0, 0.1) is 5.82 Å². The van der Waals surface area contributed by atoms with Crippen LogP contribution >= 0.6 is 11.6 Å². The van der Waals surface area contributed by atoms with Crippen molar-refractivity contribution >= 4 is 17.5 Å². The monoisotopic (exact) mass is 429 g/mol. The van der Waals surface area contributed by atoms with E-state index in [0.717, 1.165) is 18.4 Å². The third-order valence-corrected chi connectivity index (χ3v) is 5.42. The summed E-state index contributed by atoms with van der Waals surface area (Å²) in [5, 5.41) is 4.03. The van der Waals surface area contributed by atoms with Crippen molar-refractivity contribution in [2.45, 2.75) is 32.0 Å². The van der Waals surface area contributed by atoms with Crippen LogP contribution in [0.25, 0.3) is 0 Å². The van der Waals surface area contributed by atoms with E-state index in [1.54, 1.807) is 4.90 Å². The van der Waals surface area contributed by atoms with Gasteiger partial charge < -0.3 is 14.2 Å². The van der Waals surface area contributed by atoms with Gasteiger partial charge in [-0.3, -0.25) is 4.79 Å². The molecule has 0 bridgehead atoms. The molecule has 4 rings (SSSR count). The fraction of sp³-hybridized carbons (Fsp3) is 0.318. The molecule has 0 aliphatic carbocycles. The molecule has 1 fully saturated rings. The van der Waals surface area contributed by atoms with E-state index in [2.05, 4.69) is 10.1 Å². The Morgan fingerprint density at radius 1 is 1.17 bits per heavy atom. The van der Waals surface area contributed by atoms with Gasteiger partial charge in [-0.1, -0.05) is 47.1 Å². The molecule has 1 saturated heterocycles. The first kappa shape index (κ1) is 20.5. The first-order chi connectivity index (χ1) is 14.6. The van der Waals surface area contributed by atoms with E-state index in [4.69, 9.17) is 20.9 Å². The van der Waals surface area contributed by atoms with Crippen LogP contribution in [0.2, 0.25) is 5.02 Å². The van der Waals surface area contributed by atoms with Crippen LogP contribution in [0.15, 0.2) is 53.1 Å². The third kappa shape index (κ3) is 4.86. The minimum absolute atomic E-state index is 0.0513. The first-order valence-electron chi connectivity index (χ1n) is 9.78. The largest absolute Gasteiger partial charge is 0.367 e. The van der Waals surface area contributed by atoms with Crippen LogP contribution in [0.1, 0.15) is 46.4 Å². The van der Waals surface area contributed by atoms with E-state index in [0.29, 0.717) is 37.0 Å². The number of amides is 1. The molecule has 0 spiro atoms. The van der Waals surface area contributed by atoms with Crippen LogP contribution in [-0.4, -0.2) is 34.0 Å². The van der Waals surface area contributed by atoms with E-state index in [-0.39, 0.29) is 23.5 Å². The molecular weight excluding hydrogens is 409 g/mol. The van der Waals surface area contributed by atoms with E-state index >= 15 is 0 Å². The van der Waals surface area contributed by atoms with E-state index in [1.807, 2.05) is 30.3 Å². The molecule has 0 unspecified atom stereocenters. The van der Waals surface area contributed by atoms with Gasteiger partial charge in [0.1, 0.15) is 12.4 Å². The molecule has 2 aromatic carbocycles. The molecule has 3 aromatic rings. The molecule has 0 N–H and O–H groups in total. The fourth-order valence-corrected chi connectivity index (χ4v) is 3.66. The maximum Gasteiger partial charge on any atom is 0.253 e. The molecule has 6 nitrogen and oxygen atoms in total. The van der Waals surface area contributed by atoms with Crippen LogP contribution in [0.3, 0.4) is 0 Å². The summed E-state index contributed by atoms with van der Waals surface area (Å²) in [6, 6.07) is 13.9. The second-order valence-electron chi connectivity index (χ2n) is 7.22. The summed E-state index contributed by atoms with van der Waals surface area (Å²) in [6.07, 6.45) is 1.45. The lowest BCUT2D eigenvalue weighted by atomic mass is 9.95. The highest BCUT2D eigenvalue weighted by atomic mass is 35.5. The second-order valence-corrected chi connectivity index (χ2v) is 7.63. The molecule has 30 heavy (non-hydrogen) atoms. The highest BCUT2D eigenvalue weighted by Gasteiger charge is 2.27. The Hall–Kier alpha value is -2.77. The van der Waals surface area contributed by atoms with Gasteiger partial charge in [-0.05, 0) is 36.6 Å². The Balaban J connectivity index is 1.28. The van der Waals surface area contributed by atoms with Gasteiger partial charge in [-0.2, -0.15) is 4.98 Å². The van der Waals surface area contributed by atoms with Gasteiger partial charge in [0.25, 0.3) is 11.8 Å². The molecule has 0 saturated carbocycles. The second kappa shape index (κ2) is 9.36. The van der Waals surface area contributed by atoms with E-state index in [9.17, 15) is 9.18 Å². The molecule has 1 amide bonds. The molecule has 156 valence electrons. The van der Waals surface area contributed by atoms with Crippen molar-refractivity contribution in [2.75, 3.05) is 13.1 Å². The number of carbonyl (C=O) groups is 1. The number of rotatable bonds is 6. The van der Waals surface area contributed by atoms with Crippen molar-refractivity contribution in [1.29, 1.82) is 0 Å². The summed E-state index contributed by atoms with van der Waals surface area (Å²) in [5.74, 6) is 0.522. The predicted molar refractivity (Wildman–Crippen MR) is 109 cm³/mol. The molecule has 8 heteroatoms. The number of ether oxygens (including phenoxy) is 1. The van der Waals surface area contributed by atoms with Crippen LogP contribution < -0.4 is 0 Å². The Kier molecular flexibility index (Phi) is 6.40. The Morgan fingerprint density at radius 2 is 1.93 bits per heavy atom. The van der Waals surface area contributed by atoms with Crippen LogP contribution in [-0.2, 0) is 18.0 Å². The quantitative estimate of drug-likeness (QED) is 0.572. The molecule has 0 radical (unpaired) electrons. The molecule has 1 aliphatic rings. The number of benzene rings is 2. The van der Waals surface area contributed by atoms with Gasteiger partial charge in [-0.15, -0.1) is 0 Å². The highest BCUT2D eigenvalue weighted by molar-refractivity contribution is 6.31. The third-order valence-electron chi connectivity index (χ3n) is 5.13. The summed E-state index contributed by atoms with van der Waals surface area (Å²) >= 11 is 5.79. The van der Waals surface area contributed by atoms with Crippen molar-refractivity contribution in [1.82, 2.24) is 15.0 Å². The molecule has 1 aliphatic heterocycles. The summed E-state index contributed by atoms with van der Waals surface area (Å²) in [5.41, 5.74) is 1.47. The average Bonchev–Trinajstić information content (AvgIpc) is 3.25. The number of hydrogen-bond acceptors (Lipinski definition) is 5. The molecule has 1 aromatic heterocycles. The van der Waals surface area contributed by atoms with Gasteiger partial charge in [-0.25, -0.2) is 4.39 Å². The number of hydrogen-bond donors (Lipinski definition) is 0. The molecule has 2 heterocycles. The smallest absolute Gasteiger partial charge is 0.253 e. The lowest BCUT2D eigenvalue weighted by molar-refractivity contribution is 0.0710. The molecule has 0 atom stereocenters. The predicted octanol–water partition coefficient (Wildman–Crippen LogP) is 4.60. The SMILES string of the molecule is O=C(c1ccc(F)c(Cl)c1)N1CCC(c2noc(COCc3ccccc3)n2)CC1. The number of piperidine rings is 1. The van der Waals surface area contributed by atoms with Crippen molar-refractivity contribution < 1.29 is 18.4 Å². The summed E-state index contributed by atoms with van der Waals surface area (Å²) in [4.78, 5) is 18.8. The lowest BCUT2D eigenvalue weighted by Crippen LogP contribution is -2.38. The summed E-state index contributed by atoms with van der Waals surface area (Å²) < 4.78 is 24.3. The van der Waals surface area contributed by atoms with Gasteiger partial charge in [0.05, 0.1) is 11.6 Å². The van der Waals surface area contributed by atoms with Crippen LogP contribution in [0.4, 0.5) is 4.39 Å². The van der Waals surface area contributed by atoms with E-state index < -0.39 is 5.82 Å². The van der Waals surface area contributed by atoms with Gasteiger partial charge in [0.15, 0.2) is 5.82 Å². The number of halogens is 2. The van der Waals surface area contributed by atoms with Crippen LogP contribution in [0.5, 0.6) is 0 Å². The van der Waals surface area contributed by atoms with Crippen molar-refractivity contribution in [3.63, 3.8) is 0 Å². The average molecular weight is 430 g/mol. The number of likely N-dealkylation sites (tertiary alicyclic amines) is 1. The summed E-state index contributed by atoms with van der Waals surface area (Å²) in [7, 11) is 0. The standard InChI is InChI=1S/C22H21ClFN3O3/c23-18-12-17(6-7-19(18)24)22(28)27-10-8-16(9-11-27)21-25-20(30-26-21)14-29-13-15-4-2-1-3-5-15/h1-7,12,16H,8-11,13-14H2. The Labute approximate surface area is 178 Å². The van der Waals surface area contributed by atoms with Gasteiger partial charge in [0.2, 0.25) is 0 Å².